The Morgan fingerprint density at radius 2 is 1.82 bits per heavy atom. The largest absolute Gasteiger partial charge is 0.350 e. The lowest BCUT2D eigenvalue weighted by atomic mass is 10.1. The molecule has 0 radical (unpaired) electrons. The van der Waals surface area contributed by atoms with Crippen molar-refractivity contribution in [3.05, 3.63) is 11.4 Å². The highest BCUT2D eigenvalue weighted by Crippen LogP contribution is 2.09. The van der Waals surface area contributed by atoms with E-state index in [2.05, 4.69) is 41.3 Å². The smallest absolute Gasteiger partial charge is 0.243 e. The first kappa shape index (κ1) is 13.8. The Bertz CT molecular complexity index is 340. The highest BCUT2D eigenvalue weighted by molar-refractivity contribution is 5.27. The number of anilines is 1. The van der Waals surface area contributed by atoms with Crippen LogP contribution in [-0.4, -0.2) is 27.8 Å². The van der Waals surface area contributed by atoms with Crippen LogP contribution in [0.25, 0.3) is 0 Å². The van der Waals surface area contributed by atoms with E-state index in [-0.39, 0.29) is 0 Å². The molecule has 17 heavy (non-hydrogen) atoms. The standard InChI is InChI=1S/C12H23N5/c1-4-9(7-8-13)14-12-15-10(5-2)11(6-3)16-17-12/h9H,4-8,13H2,1-3H3,(H,14,15,17). The second-order valence-corrected chi connectivity index (χ2v) is 4.06. The van der Waals surface area contributed by atoms with Gasteiger partial charge < -0.3 is 11.1 Å². The predicted molar refractivity (Wildman–Crippen MR) is 70.0 cm³/mol. The molecule has 0 amide bonds. The SMILES string of the molecule is CCc1nnc(NC(CC)CCN)nc1CC. The van der Waals surface area contributed by atoms with Crippen LogP contribution in [0, 0.1) is 0 Å². The lowest BCUT2D eigenvalue weighted by molar-refractivity contribution is 0.631. The molecule has 3 N–H and O–H groups in total. The van der Waals surface area contributed by atoms with Crippen LogP contribution in [0.1, 0.15) is 45.0 Å². The van der Waals surface area contributed by atoms with Gasteiger partial charge in [0.05, 0.1) is 11.4 Å². The monoisotopic (exact) mass is 237 g/mol. The van der Waals surface area contributed by atoms with Gasteiger partial charge in [-0.3, -0.25) is 0 Å². The van der Waals surface area contributed by atoms with E-state index < -0.39 is 0 Å². The van der Waals surface area contributed by atoms with Crippen molar-refractivity contribution in [3.8, 4) is 0 Å². The number of hydrogen-bond donors (Lipinski definition) is 2. The predicted octanol–water partition coefficient (Wildman–Crippen LogP) is 1.54. The number of nitrogens with zero attached hydrogens (tertiary/aromatic N) is 3. The maximum atomic E-state index is 5.56. The van der Waals surface area contributed by atoms with Crippen molar-refractivity contribution in [2.24, 2.45) is 5.73 Å². The zero-order valence-electron chi connectivity index (χ0n) is 11.0. The number of nitrogens with one attached hydrogen (secondary N) is 1. The minimum absolute atomic E-state index is 0.332. The van der Waals surface area contributed by atoms with Crippen LogP contribution in [0.5, 0.6) is 0 Å². The maximum Gasteiger partial charge on any atom is 0.243 e. The van der Waals surface area contributed by atoms with E-state index in [1.165, 1.54) is 0 Å². The van der Waals surface area contributed by atoms with Crippen molar-refractivity contribution < 1.29 is 0 Å². The molecule has 0 aromatic carbocycles. The molecule has 0 spiro atoms. The van der Waals surface area contributed by atoms with E-state index in [0.717, 1.165) is 37.1 Å². The van der Waals surface area contributed by atoms with Crippen molar-refractivity contribution >= 4 is 5.95 Å². The van der Waals surface area contributed by atoms with Crippen LogP contribution < -0.4 is 11.1 Å². The summed E-state index contributed by atoms with van der Waals surface area (Å²) in [5, 5.41) is 11.6. The summed E-state index contributed by atoms with van der Waals surface area (Å²) in [4.78, 5) is 4.51. The summed E-state index contributed by atoms with van der Waals surface area (Å²) >= 11 is 0. The molecule has 1 aromatic rings. The van der Waals surface area contributed by atoms with Gasteiger partial charge in [0.15, 0.2) is 0 Å². The van der Waals surface area contributed by atoms with Gasteiger partial charge in [0.2, 0.25) is 5.95 Å². The van der Waals surface area contributed by atoms with E-state index in [4.69, 9.17) is 5.73 Å². The molecule has 1 rings (SSSR count). The molecule has 0 saturated heterocycles. The van der Waals surface area contributed by atoms with Crippen molar-refractivity contribution in [2.75, 3.05) is 11.9 Å². The molecule has 0 aliphatic carbocycles. The third kappa shape index (κ3) is 3.93. The van der Waals surface area contributed by atoms with Crippen molar-refractivity contribution in [2.45, 2.75) is 52.5 Å². The number of aromatic nitrogens is 3. The Morgan fingerprint density at radius 1 is 1.12 bits per heavy atom. The summed E-state index contributed by atoms with van der Waals surface area (Å²) in [7, 11) is 0. The van der Waals surface area contributed by atoms with E-state index in [1.807, 2.05) is 0 Å². The van der Waals surface area contributed by atoms with Gasteiger partial charge in [-0.15, -0.1) is 5.10 Å². The first-order valence-electron chi connectivity index (χ1n) is 6.44. The molecule has 0 fully saturated rings. The number of rotatable bonds is 7. The molecule has 96 valence electrons. The third-order valence-corrected chi connectivity index (χ3v) is 2.85. The third-order valence-electron chi connectivity index (χ3n) is 2.85. The van der Waals surface area contributed by atoms with Gasteiger partial charge in [-0.05, 0) is 32.2 Å². The normalized spacial score (nSPS) is 12.5. The van der Waals surface area contributed by atoms with Gasteiger partial charge in [-0.25, -0.2) is 4.98 Å². The molecule has 0 saturated carbocycles. The van der Waals surface area contributed by atoms with E-state index in [9.17, 15) is 0 Å². The summed E-state index contributed by atoms with van der Waals surface area (Å²) < 4.78 is 0. The van der Waals surface area contributed by atoms with Gasteiger partial charge in [-0.2, -0.15) is 5.10 Å². The molecule has 1 heterocycles. The molecule has 0 aliphatic heterocycles. The average molecular weight is 237 g/mol. The summed E-state index contributed by atoms with van der Waals surface area (Å²) in [5.41, 5.74) is 7.59. The molecule has 5 nitrogen and oxygen atoms in total. The number of nitrogens with two attached hydrogens (primary N) is 1. The summed E-state index contributed by atoms with van der Waals surface area (Å²) in [6.07, 6.45) is 3.71. The highest BCUT2D eigenvalue weighted by atomic mass is 15.2. The summed E-state index contributed by atoms with van der Waals surface area (Å²) in [6, 6.07) is 0.332. The van der Waals surface area contributed by atoms with Crippen molar-refractivity contribution in [1.29, 1.82) is 0 Å². The Balaban J connectivity index is 2.77. The Morgan fingerprint density at radius 3 is 2.35 bits per heavy atom. The topological polar surface area (TPSA) is 76.7 Å². The van der Waals surface area contributed by atoms with E-state index >= 15 is 0 Å². The molecule has 0 aliphatic rings. The van der Waals surface area contributed by atoms with Crippen LogP contribution in [0.3, 0.4) is 0 Å². The number of hydrogen-bond acceptors (Lipinski definition) is 5. The molecule has 1 aromatic heterocycles. The molecular weight excluding hydrogens is 214 g/mol. The van der Waals surface area contributed by atoms with Crippen LogP contribution in [0.15, 0.2) is 0 Å². The fourth-order valence-corrected chi connectivity index (χ4v) is 1.76. The van der Waals surface area contributed by atoms with Gasteiger partial charge >= 0.3 is 0 Å². The fraction of sp³-hybridized carbons (Fsp3) is 0.750. The van der Waals surface area contributed by atoms with Gasteiger partial charge in [0, 0.05) is 6.04 Å². The van der Waals surface area contributed by atoms with E-state index in [1.54, 1.807) is 0 Å². The molecular formula is C12H23N5. The first-order valence-corrected chi connectivity index (χ1v) is 6.44. The zero-order valence-corrected chi connectivity index (χ0v) is 11.0. The second-order valence-electron chi connectivity index (χ2n) is 4.06. The van der Waals surface area contributed by atoms with Gasteiger partial charge in [0.1, 0.15) is 0 Å². The second kappa shape index (κ2) is 7.17. The van der Waals surface area contributed by atoms with Crippen LogP contribution in [-0.2, 0) is 12.8 Å². The lowest BCUT2D eigenvalue weighted by Gasteiger charge is -2.16. The minimum Gasteiger partial charge on any atom is -0.350 e. The molecule has 1 unspecified atom stereocenters. The summed E-state index contributed by atoms with van der Waals surface area (Å²) in [5.74, 6) is 0.624. The van der Waals surface area contributed by atoms with Crippen molar-refractivity contribution in [3.63, 3.8) is 0 Å². The molecule has 1 atom stereocenters. The van der Waals surface area contributed by atoms with Gasteiger partial charge in [0.25, 0.3) is 0 Å². The summed E-state index contributed by atoms with van der Waals surface area (Å²) in [6.45, 7) is 6.96. The Labute approximate surface area is 103 Å². The minimum atomic E-state index is 0.332. The zero-order chi connectivity index (χ0) is 12.7. The number of aryl methyl sites for hydroxylation is 2. The Kier molecular flexibility index (Phi) is 5.83. The van der Waals surface area contributed by atoms with Crippen LogP contribution >= 0.6 is 0 Å². The molecule has 0 bridgehead atoms. The maximum absolute atomic E-state index is 5.56. The fourth-order valence-electron chi connectivity index (χ4n) is 1.76. The highest BCUT2D eigenvalue weighted by Gasteiger charge is 2.10. The average Bonchev–Trinajstić information content (AvgIpc) is 2.38. The van der Waals surface area contributed by atoms with Crippen LogP contribution in [0.2, 0.25) is 0 Å². The van der Waals surface area contributed by atoms with E-state index in [0.29, 0.717) is 18.5 Å². The van der Waals surface area contributed by atoms with Gasteiger partial charge in [-0.1, -0.05) is 20.8 Å². The Hall–Kier alpha value is -1.23. The first-order chi connectivity index (χ1) is 8.24. The quantitative estimate of drug-likeness (QED) is 0.752. The van der Waals surface area contributed by atoms with Crippen LogP contribution in [0.4, 0.5) is 5.95 Å². The molecule has 5 heteroatoms. The van der Waals surface area contributed by atoms with Crippen molar-refractivity contribution in [1.82, 2.24) is 15.2 Å². The lowest BCUT2D eigenvalue weighted by Crippen LogP contribution is -2.24.